The molecule has 0 radical (unpaired) electrons. The Hall–Kier alpha value is -2.19. The van der Waals surface area contributed by atoms with Crippen LogP contribution in [0.15, 0.2) is 12.1 Å². The second-order valence-electron chi connectivity index (χ2n) is 11.1. The smallest absolute Gasteiger partial charge is 0.326 e. The lowest BCUT2D eigenvalue weighted by Gasteiger charge is -2.26. The van der Waals surface area contributed by atoms with Gasteiger partial charge in [0.15, 0.2) is 0 Å². The Morgan fingerprint density at radius 3 is 2.86 bits per heavy atom. The molecule has 1 aromatic heterocycles. The number of anilines is 1. The summed E-state index contributed by atoms with van der Waals surface area (Å²) >= 11 is 0. The number of carboxylic acids is 1. The molecule has 1 unspecified atom stereocenters. The number of aliphatic carboxylic acids is 1. The van der Waals surface area contributed by atoms with Gasteiger partial charge >= 0.3 is 5.97 Å². The van der Waals surface area contributed by atoms with Crippen LogP contribution >= 0.6 is 0 Å². The van der Waals surface area contributed by atoms with Gasteiger partial charge in [-0.05, 0) is 101 Å². The number of aryl methyl sites for hydroxylation is 2. The maximum absolute atomic E-state index is 12.9. The van der Waals surface area contributed by atoms with E-state index in [1.165, 1.54) is 24.8 Å². The highest BCUT2D eigenvalue weighted by molar-refractivity contribution is 5.87. The number of hydrogen-bond acceptors (Lipinski definition) is 6. The van der Waals surface area contributed by atoms with Crippen molar-refractivity contribution < 1.29 is 14.7 Å². The molecule has 8 nitrogen and oxygen atoms in total. The van der Waals surface area contributed by atoms with Crippen molar-refractivity contribution in [1.29, 1.82) is 0 Å². The van der Waals surface area contributed by atoms with Gasteiger partial charge in [0.1, 0.15) is 11.9 Å². The topological polar surface area (TPSA) is 97.8 Å². The number of hydrogen-bond donors (Lipinski definition) is 3. The fourth-order valence-electron chi connectivity index (χ4n) is 6.02. The highest BCUT2D eigenvalue weighted by atomic mass is 16.4. The molecule has 1 aliphatic carbocycles. The molecule has 192 valence electrons. The summed E-state index contributed by atoms with van der Waals surface area (Å²) in [6.45, 7) is 5.67. The third-order valence-electron chi connectivity index (χ3n) is 8.34. The van der Waals surface area contributed by atoms with Crippen molar-refractivity contribution in [3.8, 4) is 0 Å². The SMILES string of the molecule is O=C(O)C(CCN1CC[C@@H](CCc2ccc3c(n2)NCCC3)C1)NC(=O)[C@@H]1CCCN1CC1CC1. The highest BCUT2D eigenvalue weighted by Gasteiger charge is 2.36. The Labute approximate surface area is 208 Å². The first-order valence-corrected chi connectivity index (χ1v) is 13.8. The van der Waals surface area contributed by atoms with E-state index in [1.807, 2.05) is 0 Å². The third-order valence-corrected chi connectivity index (χ3v) is 8.34. The summed E-state index contributed by atoms with van der Waals surface area (Å²) < 4.78 is 0. The molecule has 3 aliphatic heterocycles. The Bertz CT molecular complexity index is 905. The van der Waals surface area contributed by atoms with Crippen LogP contribution in [-0.4, -0.2) is 83.1 Å². The van der Waals surface area contributed by atoms with E-state index in [0.29, 0.717) is 18.9 Å². The predicted molar refractivity (Wildman–Crippen MR) is 135 cm³/mol. The number of pyridine rings is 1. The minimum absolute atomic E-state index is 0.0955. The van der Waals surface area contributed by atoms with Crippen molar-refractivity contribution in [2.24, 2.45) is 11.8 Å². The summed E-state index contributed by atoms with van der Waals surface area (Å²) in [5, 5.41) is 16.0. The number of likely N-dealkylation sites (tertiary alicyclic amines) is 2. The highest BCUT2D eigenvalue weighted by Crippen LogP contribution is 2.32. The zero-order chi connectivity index (χ0) is 24.2. The molecule has 1 amide bonds. The standard InChI is InChI=1S/C27H41N5O3/c33-26(24-4-2-14-32(24)18-19-5-6-19)30-23(27(34)35)12-16-31-15-11-20(17-31)7-9-22-10-8-21-3-1-13-28-25(21)29-22/h8,10,19-20,23-24H,1-7,9,11-18H2,(H,28,29)(H,30,33)(H,34,35)/t20-,23?,24+/m1/s1. The molecule has 1 aromatic rings. The molecule has 3 N–H and O–H groups in total. The van der Waals surface area contributed by atoms with Gasteiger partial charge in [-0.15, -0.1) is 0 Å². The fourth-order valence-corrected chi connectivity index (χ4v) is 6.02. The molecular formula is C27H41N5O3. The van der Waals surface area contributed by atoms with E-state index in [9.17, 15) is 14.7 Å². The van der Waals surface area contributed by atoms with Crippen LogP contribution in [0.4, 0.5) is 5.82 Å². The first-order valence-electron chi connectivity index (χ1n) is 13.8. The van der Waals surface area contributed by atoms with E-state index in [0.717, 1.165) is 88.7 Å². The number of amides is 1. The number of carbonyl (C=O) groups excluding carboxylic acids is 1. The number of fused-ring (bicyclic) bond motifs is 1. The van der Waals surface area contributed by atoms with Crippen LogP contribution < -0.4 is 10.6 Å². The van der Waals surface area contributed by atoms with E-state index >= 15 is 0 Å². The number of carbonyl (C=O) groups is 2. The summed E-state index contributed by atoms with van der Waals surface area (Å²) in [5.41, 5.74) is 2.49. The van der Waals surface area contributed by atoms with Gasteiger partial charge in [-0.2, -0.15) is 0 Å². The Morgan fingerprint density at radius 2 is 2.03 bits per heavy atom. The minimum atomic E-state index is -0.923. The molecule has 0 spiro atoms. The molecular weight excluding hydrogens is 442 g/mol. The van der Waals surface area contributed by atoms with E-state index < -0.39 is 12.0 Å². The minimum Gasteiger partial charge on any atom is -0.480 e. The van der Waals surface area contributed by atoms with Gasteiger partial charge in [0.05, 0.1) is 6.04 Å². The number of nitrogens with one attached hydrogen (secondary N) is 2. The maximum atomic E-state index is 12.9. The maximum Gasteiger partial charge on any atom is 0.326 e. The lowest BCUT2D eigenvalue weighted by molar-refractivity contribution is -0.142. The quantitative estimate of drug-likeness (QED) is 0.445. The fraction of sp³-hybridized carbons (Fsp3) is 0.741. The first-order chi connectivity index (χ1) is 17.0. The van der Waals surface area contributed by atoms with Crippen molar-refractivity contribution in [3.63, 3.8) is 0 Å². The molecule has 3 fully saturated rings. The number of aromatic nitrogens is 1. The van der Waals surface area contributed by atoms with E-state index in [-0.39, 0.29) is 11.9 Å². The molecule has 4 aliphatic rings. The summed E-state index contributed by atoms with van der Waals surface area (Å²) in [7, 11) is 0. The van der Waals surface area contributed by atoms with Crippen LogP contribution in [0.25, 0.3) is 0 Å². The Balaban J connectivity index is 1.05. The van der Waals surface area contributed by atoms with Crippen molar-refractivity contribution >= 4 is 17.7 Å². The predicted octanol–water partition coefficient (Wildman–Crippen LogP) is 2.53. The molecule has 3 atom stereocenters. The van der Waals surface area contributed by atoms with Crippen LogP contribution in [-0.2, 0) is 22.4 Å². The van der Waals surface area contributed by atoms with Gasteiger partial charge < -0.3 is 20.6 Å². The van der Waals surface area contributed by atoms with Crippen LogP contribution in [0.3, 0.4) is 0 Å². The van der Waals surface area contributed by atoms with Crippen LogP contribution in [0, 0.1) is 11.8 Å². The lowest BCUT2D eigenvalue weighted by Crippen LogP contribution is -2.50. The van der Waals surface area contributed by atoms with E-state index in [1.54, 1.807) is 0 Å². The van der Waals surface area contributed by atoms with Gasteiger partial charge in [0.2, 0.25) is 5.91 Å². The molecule has 5 rings (SSSR count). The van der Waals surface area contributed by atoms with Gasteiger partial charge in [0, 0.05) is 31.9 Å². The summed E-state index contributed by atoms with van der Waals surface area (Å²) in [5.74, 6) is 1.40. The Morgan fingerprint density at radius 1 is 1.14 bits per heavy atom. The number of carboxylic acid groups (broad SMARTS) is 1. The lowest BCUT2D eigenvalue weighted by atomic mass is 10.00. The summed E-state index contributed by atoms with van der Waals surface area (Å²) in [6, 6.07) is 3.44. The van der Waals surface area contributed by atoms with Gasteiger partial charge in [0.25, 0.3) is 0 Å². The van der Waals surface area contributed by atoms with Crippen molar-refractivity contribution in [2.75, 3.05) is 44.6 Å². The van der Waals surface area contributed by atoms with Crippen molar-refractivity contribution in [1.82, 2.24) is 20.1 Å². The van der Waals surface area contributed by atoms with E-state index in [2.05, 4.69) is 32.6 Å². The Kier molecular flexibility index (Phi) is 7.88. The molecule has 2 saturated heterocycles. The van der Waals surface area contributed by atoms with E-state index in [4.69, 9.17) is 4.98 Å². The summed E-state index contributed by atoms with van der Waals surface area (Å²) in [4.78, 5) is 34.2. The largest absolute Gasteiger partial charge is 0.480 e. The average molecular weight is 484 g/mol. The molecule has 4 heterocycles. The monoisotopic (exact) mass is 483 g/mol. The first kappa shape index (κ1) is 24.5. The molecule has 8 heteroatoms. The van der Waals surface area contributed by atoms with Crippen molar-refractivity contribution in [3.05, 3.63) is 23.4 Å². The van der Waals surface area contributed by atoms with Crippen LogP contribution in [0.2, 0.25) is 0 Å². The second kappa shape index (κ2) is 11.2. The molecule has 0 bridgehead atoms. The van der Waals surface area contributed by atoms with Crippen molar-refractivity contribution in [2.45, 2.75) is 76.3 Å². The second-order valence-corrected chi connectivity index (χ2v) is 11.1. The van der Waals surface area contributed by atoms with Crippen LogP contribution in [0.5, 0.6) is 0 Å². The third kappa shape index (κ3) is 6.53. The zero-order valence-corrected chi connectivity index (χ0v) is 20.9. The molecule has 35 heavy (non-hydrogen) atoms. The van der Waals surface area contributed by atoms with Gasteiger partial charge in [-0.3, -0.25) is 9.69 Å². The molecule has 1 saturated carbocycles. The number of nitrogens with zero attached hydrogens (tertiary/aromatic N) is 3. The average Bonchev–Trinajstić information content (AvgIpc) is 3.35. The molecule has 0 aromatic carbocycles. The van der Waals surface area contributed by atoms with Crippen LogP contribution in [0.1, 0.15) is 62.6 Å². The zero-order valence-electron chi connectivity index (χ0n) is 20.9. The number of rotatable bonds is 11. The summed E-state index contributed by atoms with van der Waals surface area (Å²) in [6.07, 6.45) is 10.4. The van der Waals surface area contributed by atoms with Gasteiger partial charge in [-0.1, -0.05) is 6.07 Å². The van der Waals surface area contributed by atoms with Gasteiger partial charge in [-0.25, -0.2) is 9.78 Å². The normalized spacial score (nSPS) is 25.7.